The summed E-state index contributed by atoms with van der Waals surface area (Å²) in [6, 6.07) is -0.592. The van der Waals surface area contributed by atoms with Crippen LogP contribution in [-0.2, 0) is 19.1 Å². The Labute approximate surface area is 126 Å². The molecule has 0 aliphatic carbocycles. The number of hydrogen-bond acceptors (Lipinski definition) is 5. The normalized spacial score (nSPS) is 19.1. The maximum Gasteiger partial charge on any atom is 0.328 e. The monoisotopic (exact) mass is 300 g/mol. The van der Waals surface area contributed by atoms with E-state index in [1.54, 1.807) is 7.11 Å². The van der Waals surface area contributed by atoms with E-state index in [0.29, 0.717) is 31.8 Å². The average Bonchev–Trinajstić information content (AvgIpc) is 2.46. The van der Waals surface area contributed by atoms with E-state index in [-0.39, 0.29) is 5.91 Å². The van der Waals surface area contributed by atoms with Crippen molar-refractivity contribution in [2.45, 2.75) is 39.2 Å². The van der Waals surface area contributed by atoms with Crippen LogP contribution in [-0.4, -0.2) is 51.8 Å². The highest BCUT2D eigenvalue weighted by atomic mass is 16.5. The fourth-order valence-corrected chi connectivity index (χ4v) is 2.76. The van der Waals surface area contributed by atoms with E-state index in [1.165, 1.54) is 7.11 Å². The predicted molar refractivity (Wildman–Crippen MR) is 79.8 cm³/mol. The van der Waals surface area contributed by atoms with E-state index in [2.05, 4.69) is 10.6 Å². The van der Waals surface area contributed by atoms with Gasteiger partial charge in [0.15, 0.2) is 0 Å². The molecule has 6 heteroatoms. The van der Waals surface area contributed by atoms with Crippen LogP contribution in [0.1, 0.15) is 33.1 Å². The van der Waals surface area contributed by atoms with Gasteiger partial charge in [-0.3, -0.25) is 4.79 Å². The van der Waals surface area contributed by atoms with Gasteiger partial charge < -0.3 is 20.1 Å². The summed E-state index contributed by atoms with van der Waals surface area (Å²) in [4.78, 5) is 24.5. The summed E-state index contributed by atoms with van der Waals surface area (Å²) in [6.45, 7) is 5.96. The quantitative estimate of drug-likeness (QED) is 0.677. The molecular formula is C15H28N2O4. The Morgan fingerprint density at radius 1 is 1.24 bits per heavy atom. The molecule has 1 aliphatic heterocycles. The molecule has 1 aliphatic rings. The molecule has 1 amide bonds. The largest absolute Gasteiger partial charge is 0.467 e. The fourth-order valence-electron chi connectivity index (χ4n) is 2.76. The minimum absolute atomic E-state index is 0.109. The number of piperidine rings is 1. The predicted octanol–water partition coefficient (Wildman–Crippen LogP) is 0.707. The van der Waals surface area contributed by atoms with Crippen LogP contribution in [0.15, 0.2) is 0 Å². The van der Waals surface area contributed by atoms with Crippen LogP contribution in [0.2, 0.25) is 0 Å². The number of hydrogen-bond donors (Lipinski definition) is 2. The number of amides is 1. The van der Waals surface area contributed by atoms with Crippen molar-refractivity contribution in [3.8, 4) is 0 Å². The maximum absolute atomic E-state index is 12.7. The van der Waals surface area contributed by atoms with Crippen LogP contribution in [0.25, 0.3) is 0 Å². The topological polar surface area (TPSA) is 76.7 Å². The van der Waals surface area contributed by atoms with E-state index in [9.17, 15) is 9.59 Å². The molecule has 1 heterocycles. The van der Waals surface area contributed by atoms with Gasteiger partial charge in [-0.15, -0.1) is 0 Å². The van der Waals surface area contributed by atoms with Gasteiger partial charge in [0.05, 0.1) is 19.1 Å². The Balaban J connectivity index is 2.79. The number of nitrogens with one attached hydrogen (secondary N) is 2. The van der Waals surface area contributed by atoms with Gasteiger partial charge in [0.1, 0.15) is 6.04 Å². The number of rotatable bonds is 7. The fraction of sp³-hybridized carbons (Fsp3) is 0.867. The first-order valence-corrected chi connectivity index (χ1v) is 7.53. The molecule has 1 atom stereocenters. The zero-order valence-electron chi connectivity index (χ0n) is 13.5. The molecule has 6 nitrogen and oxygen atoms in total. The Morgan fingerprint density at radius 3 is 2.33 bits per heavy atom. The molecule has 1 fully saturated rings. The van der Waals surface area contributed by atoms with Crippen molar-refractivity contribution in [2.75, 3.05) is 33.9 Å². The Hall–Kier alpha value is -1.14. The minimum atomic E-state index is -0.592. The van der Waals surface area contributed by atoms with Gasteiger partial charge in [-0.1, -0.05) is 13.8 Å². The zero-order valence-corrected chi connectivity index (χ0v) is 13.5. The number of ether oxygens (including phenoxy) is 2. The molecule has 0 spiro atoms. The summed E-state index contributed by atoms with van der Waals surface area (Å²) in [7, 11) is 2.94. The van der Waals surface area contributed by atoms with E-state index < -0.39 is 17.4 Å². The molecule has 1 unspecified atom stereocenters. The first kappa shape index (κ1) is 17.9. The van der Waals surface area contributed by atoms with Crippen LogP contribution in [0.4, 0.5) is 0 Å². The van der Waals surface area contributed by atoms with Crippen molar-refractivity contribution in [2.24, 2.45) is 11.3 Å². The molecule has 21 heavy (non-hydrogen) atoms. The van der Waals surface area contributed by atoms with Crippen molar-refractivity contribution in [3.63, 3.8) is 0 Å². The third-order valence-corrected chi connectivity index (χ3v) is 3.96. The summed E-state index contributed by atoms with van der Waals surface area (Å²) in [5, 5.41) is 6.12. The lowest BCUT2D eigenvalue weighted by molar-refractivity contribution is -0.148. The average molecular weight is 300 g/mol. The van der Waals surface area contributed by atoms with Gasteiger partial charge in [0.25, 0.3) is 0 Å². The first-order valence-electron chi connectivity index (χ1n) is 7.53. The van der Waals surface area contributed by atoms with Gasteiger partial charge in [0.2, 0.25) is 5.91 Å². The number of carbonyl (C=O) groups is 2. The molecule has 122 valence electrons. The van der Waals surface area contributed by atoms with Gasteiger partial charge in [-0.2, -0.15) is 0 Å². The lowest BCUT2D eigenvalue weighted by Gasteiger charge is -2.36. The van der Waals surface area contributed by atoms with Crippen molar-refractivity contribution in [1.29, 1.82) is 0 Å². The molecular weight excluding hydrogens is 272 g/mol. The number of carbonyl (C=O) groups excluding carboxylic acids is 2. The molecule has 1 saturated heterocycles. The number of methoxy groups -OCH3 is 2. The standard InChI is InChI=1S/C15H28N2O4/c1-11(2)9-12(13(18)21-4)17-14(19)15(10-20-3)5-7-16-8-6-15/h11-12,16H,5-10H2,1-4H3,(H,17,19). The summed E-state index contributed by atoms with van der Waals surface area (Å²) in [6.07, 6.45) is 1.99. The molecule has 0 aromatic heterocycles. The van der Waals surface area contributed by atoms with E-state index in [4.69, 9.17) is 9.47 Å². The minimum Gasteiger partial charge on any atom is -0.467 e. The zero-order chi connectivity index (χ0) is 15.9. The van der Waals surface area contributed by atoms with Gasteiger partial charge >= 0.3 is 5.97 Å². The highest BCUT2D eigenvalue weighted by molar-refractivity contribution is 5.88. The van der Waals surface area contributed by atoms with Gasteiger partial charge in [-0.05, 0) is 38.3 Å². The number of esters is 1. The van der Waals surface area contributed by atoms with Gasteiger partial charge in [0, 0.05) is 7.11 Å². The SMILES string of the molecule is COCC1(C(=O)NC(CC(C)C)C(=O)OC)CCNCC1. The second-order valence-corrected chi connectivity index (χ2v) is 6.14. The van der Waals surface area contributed by atoms with Crippen LogP contribution in [0, 0.1) is 11.3 Å². The summed E-state index contributed by atoms with van der Waals surface area (Å²) in [5.41, 5.74) is -0.552. The van der Waals surface area contributed by atoms with E-state index >= 15 is 0 Å². The van der Waals surface area contributed by atoms with E-state index in [0.717, 1.165) is 13.1 Å². The second-order valence-electron chi connectivity index (χ2n) is 6.14. The summed E-state index contributed by atoms with van der Waals surface area (Å²) >= 11 is 0. The molecule has 0 radical (unpaired) electrons. The second kappa shape index (κ2) is 8.34. The summed E-state index contributed by atoms with van der Waals surface area (Å²) in [5.74, 6) is -0.207. The van der Waals surface area contributed by atoms with Gasteiger partial charge in [-0.25, -0.2) is 4.79 Å². The van der Waals surface area contributed by atoms with Crippen LogP contribution >= 0.6 is 0 Å². The van der Waals surface area contributed by atoms with Crippen molar-refractivity contribution in [1.82, 2.24) is 10.6 Å². The molecule has 0 aromatic rings. The smallest absolute Gasteiger partial charge is 0.328 e. The van der Waals surface area contributed by atoms with Crippen molar-refractivity contribution >= 4 is 11.9 Å². The molecule has 2 N–H and O–H groups in total. The molecule has 0 saturated carbocycles. The van der Waals surface area contributed by atoms with Crippen LogP contribution in [0.5, 0.6) is 0 Å². The highest BCUT2D eigenvalue weighted by Crippen LogP contribution is 2.29. The van der Waals surface area contributed by atoms with Crippen LogP contribution in [0.3, 0.4) is 0 Å². The molecule has 0 aromatic carbocycles. The summed E-state index contributed by atoms with van der Waals surface area (Å²) < 4.78 is 10.0. The van der Waals surface area contributed by atoms with Crippen molar-refractivity contribution < 1.29 is 19.1 Å². The van der Waals surface area contributed by atoms with Crippen LogP contribution < -0.4 is 10.6 Å². The molecule has 0 bridgehead atoms. The Kier molecular flexibility index (Phi) is 7.11. The third-order valence-electron chi connectivity index (χ3n) is 3.96. The van der Waals surface area contributed by atoms with Crippen molar-refractivity contribution in [3.05, 3.63) is 0 Å². The first-order chi connectivity index (χ1) is 9.95. The lowest BCUT2D eigenvalue weighted by Crippen LogP contribution is -2.54. The van der Waals surface area contributed by atoms with E-state index in [1.807, 2.05) is 13.8 Å². The molecule has 1 rings (SSSR count). The third kappa shape index (κ3) is 4.97. The highest BCUT2D eigenvalue weighted by Gasteiger charge is 2.41. The Morgan fingerprint density at radius 2 is 1.86 bits per heavy atom. The lowest BCUT2D eigenvalue weighted by atomic mass is 9.78. The maximum atomic E-state index is 12.7. The Bertz CT molecular complexity index is 346.